The van der Waals surface area contributed by atoms with E-state index in [1.54, 1.807) is 0 Å². The summed E-state index contributed by atoms with van der Waals surface area (Å²) < 4.78 is 13.7. The molecule has 0 aromatic rings. The summed E-state index contributed by atoms with van der Waals surface area (Å²) in [4.78, 5) is 0. The normalized spacial score (nSPS) is 22.7. The molecule has 0 aliphatic heterocycles. The van der Waals surface area contributed by atoms with Gasteiger partial charge in [0.15, 0.2) is 5.79 Å². The van der Waals surface area contributed by atoms with Crippen LogP contribution in [0.15, 0.2) is 0 Å². The second-order valence-corrected chi connectivity index (χ2v) is 10.2. The van der Waals surface area contributed by atoms with E-state index in [2.05, 4.69) is 27.7 Å². The lowest BCUT2D eigenvalue weighted by molar-refractivity contribution is -0.325. The first-order chi connectivity index (χ1) is 12.9. The first kappa shape index (κ1) is 23.2. The lowest BCUT2D eigenvalue weighted by Gasteiger charge is -2.47. The predicted molar refractivity (Wildman–Crippen MR) is 116 cm³/mol. The van der Waals surface area contributed by atoms with Crippen molar-refractivity contribution in [3.05, 3.63) is 0 Å². The molecule has 27 heavy (non-hydrogen) atoms. The molecule has 160 valence electrons. The van der Waals surface area contributed by atoms with E-state index in [-0.39, 0.29) is 11.2 Å². The molecule has 2 fully saturated rings. The maximum Gasteiger partial charge on any atom is 0.166 e. The molecule has 0 unspecified atom stereocenters. The van der Waals surface area contributed by atoms with Crippen molar-refractivity contribution in [3.63, 3.8) is 0 Å². The molecule has 2 aliphatic rings. The van der Waals surface area contributed by atoms with Crippen molar-refractivity contribution in [1.29, 1.82) is 0 Å². The average molecular weight is 381 g/mol. The Labute approximate surface area is 170 Å². The number of unbranched alkanes of at least 4 members (excludes halogenated alkanes) is 6. The number of hydrogen-bond donors (Lipinski definition) is 0. The molecule has 0 radical (unpaired) electrons. The molecule has 0 spiro atoms. The van der Waals surface area contributed by atoms with Gasteiger partial charge in [-0.15, -0.1) is 0 Å². The Morgan fingerprint density at radius 3 is 1.48 bits per heavy atom. The zero-order chi connectivity index (χ0) is 19.6. The number of ether oxygens (including phenoxy) is 2. The highest BCUT2D eigenvalue weighted by atomic mass is 16.7. The molecule has 2 nitrogen and oxygen atoms in total. The summed E-state index contributed by atoms with van der Waals surface area (Å²) >= 11 is 0. The van der Waals surface area contributed by atoms with Crippen LogP contribution in [-0.2, 0) is 9.47 Å². The molecule has 0 amide bonds. The molecule has 0 bridgehead atoms. The van der Waals surface area contributed by atoms with Gasteiger partial charge in [-0.25, -0.2) is 0 Å². The second-order valence-electron chi connectivity index (χ2n) is 10.2. The number of rotatable bonds is 12. The predicted octanol–water partition coefficient (Wildman–Crippen LogP) is 8.32. The molecule has 2 aliphatic carbocycles. The molecule has 0 aromatic heterocycles. The smallest absolute Gasteiger partial charge is 0.166 e. The lowest BCUT2D eigenvalue weighted by atomic mass is 9.85. The van der Waals surface area contributed by atoms with Crippen molar-refractivity contribution < 1.29 is 9.47 Å². The van der Waals surface area contributed by atoms with E-state index in [4.69, 9.17) is 9.47 Å². The van der Waals surface area contributed by atoms with Crippen LogP contribution in [-0.4, -0.2) is 17.0 Å². The summed E-state index contributed by atoms with van der Waals surface area (Å²) in [6.45, 7) is 9.21. The SMILES string of the molecule is CCCCCCCCCC(C)(OC1(C)CCCCC1)OC1(C)CCCCC1. The molecule has 0 aromatic carbocycles. The van der Waals surface area contributed by atoms with Crippen LogP contribution in [0.1, 0.15) is 143 Å². The Morgan fingerprint density at radius 2 is 1.04 bits per heavy atom. The summed E-state index contributed by atoms with van der Waals surface area (Å²) in [5.41, 5.74) is 0.0261. The van der Waals surface area contributed by atoms with Gasteiger partial charge in [-0.05, 0) is 52.9 Å². The molecule has 2 saturated carbocycles. The molecule has 0 heterocycles. The van der Waals surface area contributed by atoms with Crippen LogP contribution in [0, 0.1) is 0 Å². The largest absolute Gasteiger partial charge is 0.344 e. The summed E-state index contributed by atoms with van der Waals surface area (Å²) in [7, 11) is 0. The molecular formula is C25H48O2. The van der Waals surface area contributed by atoms with Crippen molar-refractivity contribution in [1.82, 2.24) is 0 Å². The first-order valence-corrected chi connectivity index (χ1v) is 12.3. The Morgan fingerprint density at radius 1 is 0.630 bits per heavy atom. The van der Waals surface area contributed by atoms with E-state index in [1.807, 2.05) is 0 Å². The van der Waals surface area contributed by atoms with E-state index in [0.717, 1.165) is 6.42 Å². The zero-order valence-corrected chi connectivity index (χ0v) is 19.0. The van der Waals surface area contributed by atoms with Gasteiger partial charge in [0, 0.05) is 6.42 Å². The highest BCUT2D eigenvalue weighted by Gasteiger charge is 2.42. The van der Waals surface area contributed by atoms with Gasteiger partial charge in [-0.1, -0.05) is 84.0 Å². The highest BCUT2D eigenvalue weighted by Crippen LogP contribution is 2.42. The van der Waals surface area contributed by atoms with Crippen LogP contribution in [0.4, 0.5) is 0 Å². The Bertz CT molecular complexity index is 365. The minimum atomic E-state index is -0.415. The van der Waals surface area contributed by atoms with Crippen molar-refractivity contribution in [2.75, 3.05) is 0 Å². The van der Waals surface area contributed by atoms with E-state index < -0.39 is 5.79 Å². The first-order valence-electron chi connectivity index (χ1n) is 12.3. The third-order valence-corrected chi connectivity index (χ3v) is 6.98. The van der Waals surface area contributed by atoms with E-state index in [1.165, 1.54) is 109 Å². The van der Waals surface area contributed by atoms with Gasteiger partial charge in [-0.2, -0.15) is 0 Å². The quantitative estimate of drug-likeness (QED) is 0.250. The second kappa shape index (κ2) is 11.2. The Kier molecular flexibility index (Phi) is 9.62. The Balaban J connectivity index is 1.90. The van der Waals surface area contributed by atoms with Gasteiger partial charge in [0.05, 0.1) is 11.2 Å². The van der Waals surface area contributed by atoms with Crippen molar-refractivity contribution in [2.24, 2.45) is 0 Å². The Hall–Kier alpha value is -0.0800. The molecule has 0 atom stereocenters. The zero-order valence-electron chi connectivity index (χ0n) is 19.0. The van der Waals surface area contributed by atoms with Crippen LogP contribution in [0.3, 0.4) is 0 Å². The van der Waals surface area contributed by atoms with E-state index in [9.17, 15) is 0 Å². The van der Waals surface area contributed by atoms with Crippen LogP contribution in [0.2, 0.25) is 0 Å². The van der Waals surface area contributed by atoms with Gasteiger partial charge in [0.1, 0.15) is 0 Å². The minimum absolute atomic E-state index is 0.0130. The van der Waals surface area contributed by atoms with Crippen LogP contribution >= 0.6 is 0 Å². The molecule has 2 heteroatoms. The third-order valence-electron chi connectivity index (χ3n) is 6.98. The minimum Gasteiger partial charge on any atom is -0.344 e. The maximum atomic E-state index is 6.86. The van der Waals surface area contributed by atoms with Crippen molar-refractivity contribution >= 4 is 0 Å². The fourth-order valence-corrected chi connectivity index (χ4v) is 5.37. The lowest BCUT2D eigenvalue weighted by Crippen LogP contribution is -2.49. The summed E-state index contributed by atoms with van der Waals surface area (Å²) in [6.07, 6.45) is 23.2. The number of hydrogen-bond acceptors (Lipinski definition) is 2. The topological polar surface area (TPSA) is 18.5 Å². The van der Waals surface area contributed by atoms with Crippen molar-refractivity contribution in [3.8, 4) is 0 Å². The summed E-state index contributed by atoms with van der Waals surface area (Å²) in [5.74, 6) is -0.415. The van der Waals surface area contributed by atoms with Crippen molar-refractivity contribution in [2.45, 2.75) is 160 Å². The van der Waals surface area contributed by atoms with Crippen LogP contribution < -0.4 is 0 Å². The van der Waals surface area contributed by atoms with Gasteiger partial charge in [0.2, 0.25) is 0 Å². The third kappa shape index (κ3) is 8.44. The fraction of sp³-hybridized carbons (Fsp3) is 1.00. The summed E-state index contributed by atoms with van der Waals surface area (Å²) in [6, 6.07) is 0. The van der Waals surface area contributed by atoms with Crippen LogP contribution in [0.25, 0.3) is 0 Å². The molecule has 0 saturated heterocycles. The molecular weight excluding hydrogens is 332 g/mol. The molecule has 2 rings (SSSR count). The van der Waals surface area contributed by atoms with Crippen LogP contribution in [0.5, 0.6) is 0 Å². The molecule has 0 N–H and O–H groups in total. The van der Waals surface area contributed by atoms with E-state index in [0.29, 0.717) is 0 Å². The highest BCUT2D eigenvalue weighted by molar-refractivity contribution is 4.86. The standard InChI is InChI=1S/C25H48O2/c1-5-6-7-8-9-10-17-22-25(4,26-23(2)18-13-11-14-19-23)27-24(3)20-15-12-16-21-24/h5-22H2,1-4H3. The maximum absolute atomic E-state index is 6.86. The summed E-state index contributed by atoms with van der Waals surface area (Å²) in [5, 5.41) is 0. The van der Waals surface area contributed by atoms with Gasteiger partial charge < -0.3 is 9.47 Å². The van der Waals surface area contributed by atoms with Gasteiger partial charge in [-0.3, -0.25) is 0 Å². The fourth-order valence-electron chi connectivity index (χ4n) is 5.37. The average Bonchev–Trinajstić information content (AvgIpc) is 2.61. The van der Waals surface area contributed by atoms with E-state index >= 15 is 0 Å². The van der Waals surface area contributed by atoms with Gasteiger partial charge >= 0.3 is 0 Å². The van der Waals surface area contributed by atoms with Gasteiger partial charge in [0.25, 0.3) is 0 Å². The monoisotopic (exact) mass is 380 g/mol.